The van der Waals surface area contributed by atoms with Gasteiger partial charge in [-0.1, -0.05) is 18.5 Å². The minimum Gasteiger partial charge on any atom is -0.348 e. The molecule has 0 bridgehead atoms. The smallest absolute Gasteiger partial charge is 0.311 e. The van der Waals surface area contributed by atoms with Gasteiger partial charge in [-0.05, 0) is 26.3 Å². The zero-order valence-corrected chi connectivity index (χ0v) is 10.9. The molecule has 94 valence electrons. The summed E-state index contributed by atoms with van der Waals surface area (Å²) in [5.74, 6) is 0.347. The lowest BCUT2D eigenvalue weighted by Gasteiger charge is -2.26. The molecule has 1 rings (SSSR count). The van der Waals surface area contributed by atoms with Gasteiger partial charge in [0.25, 0.3) is 0 Å². The molecule has 0 saturated carbocycles. The molecule has 0 aliphatic carbocycles. The van der Waals surface area contributed by atoms with Gasteiger partial charge in [-0.3, -0.25) is 10.1 Å². The molecular formula is C11H16ClN3O2. The summed E-state index contributed by atoms with van der Waals surface area (Å²) < 4.78 is 0. The van der Waals surface area contributed by atoms with Crippen LogP contribution in [-0.4, -0.2) is 22.5 Å². The Balaban J connectivity index is 3.24. The van der Waals surface area contributed by atoms with Crippen molar-refractivity contribution in [3.8, 4) is 0 Å². The van der Waals surface area contributed by atoms with Gasteiger partial charge in [0.05, 0.1) is 4.92 Å². The van der Waals surface area contributed by atoms with Crippen LogP contribution in [0.5, 0.6) is 0 Å². The molecule has 0 radical (unpaired) electrons. The van der Waals surface area contributed by atoms with Crippen molar-refractivity contribution in [1.82, 2.24) is 4.98 Å². The maximum Gasteiger partial charge on any atom is 0.311 e. The Kier molecular flexibility index (Phi) is 4.69. The number of aromatic nitrogens is 1. The quantitative estimate of drug-likeness (QED) is 0.461. The van der Waals surface area contributed by atoms with Gasteiger partial charge in [0.15, 0.2) is 0 Å². The molecule has 0 aromatic carbocycles. The Bertz CT molecular complexity index is 410. The van der Waals surface area contributed by atoms with E-state index in [4.69, 9.17) is 11.6 Å². The molecule has 0 fully saturated rings. The van der Waals surface area contributed by atoms with Gasteiger partial charge in [-0.15, -0.1) is 0 Å². The summed E-state index contributed by atoms with van der Waals surface area (Å²) in [5, 5.41) is 11.2. The highest BCUT2D eigenvalue weighted by molar-refractivity contribution is 6.29. The third-order valence-corrected chi connectivity index (χ3v) is 2.59. The highest BCUT2D eigenvalue weighted by Crippen LogP contribution is 2.29. The molecule has 1 aromatic rings. The first kappa shape index (κ1) is 13.7. The maximum atomic E-state index is 11.0. The van der Waals surface area contributed by atoms with Crippen LogP contribution in [0.15, 0.2) is 12.1 Å². The highest BCUT2D eigenvalue weighted by Gasteiger charge is 2.22. The molecule has 1 aromatic heterocycles. The van der Waals surface area contributed by atoms with Crippen molar-refractivity contribution in [2.24, 2.45) is 0 Å². The van der Waals surface area contributed by atoms with E-state index in [0.29, 0.717) is 12.4 Å². The second kappa shape index (κ2) is 5.82. The number of rotatable bonds is 5. The van der Waals surface area contributed by atoms with Gasteiger partial charge in [-0.2, -0.15) is 0 Å². The van der Waals surface area contributed by atoms with Crippen LogP contribution in [0, 0.1) is 10.1 Å². The zero-order valence-electron chi connectivity index (χ0n) is 10.2. The van der Waals surface area contributed by atoms with Gasteiger partial charge >= 0.3 is 5.69 Å². The third-order valence-electron chi connectivity index (χ3n) is 2.38. The van der Waals surface area contributed by atoms with Crippen molar-refractivity contribution in [1.29, 1.82) is 0 Å². The zero-order chi connectivity index (χ0) is 13.0. The topological polar surface area (TPSA) is 59.3 Å². The number of anilines is 1. The lowest BCUT2D eigenvalue weighted by Crippen LogP contribution is -2.32. The Morgan fingerprint density at radius 3 is 2.65 bits per heavy atom. The van der Waals surface area contributed by atoms with Gasteiger partial charge < -0.3 is 4.90 Å². The summed E-state index contributed by atoms with van der Waals surface area (Å²) in [4.78, 5) is 16.5. The molecule has 0 atom stereocenters. The lowest BCUT2D eigenvalue weighted by molar-refractivity contribution is -0.384. The van der Waals surface area contributed by atoms with Crippen LogP contribution in [0.1, 0.15) is 27.2 Å². The number of hydrogen-bond donors (Lipinski definition) is 0. The van der Waals surface area contributed by atoms with Crippen molar-refractivity contribution in [2.45, 2.75) is 33.2 Å². The summed E-state index contributed by atoms with van der Waals surface area (Å²) in [7, 11) is 0. The van der Waals surface area contributed by atoms with Crippen LogP contribution in [0.25, 0.3) is 0 Å². The van der Waals surface area contributed by atoms with Crippen molar-refractivity contribution >= 4 is 23.1 Å². The van der Waals surface area contributed by atoms with E-state index < -0.39 is 4.92 Å². The molecule has 0 aliphatic rings. The number of nitro groups is 1. The predicted molar refractivity (Wildman–Crippen MR) is 68.7 cm³/mol. The Morgan fingerprint density at radius 1 is 1.53 bits per heavy atom. The van der Waals surface area contributed by atoms with Crippen LogP contribution < -0.4 is 4.90 Å². The van der Waals surface area contributed by atoms with Crippen LogP contribution in [-0.2, 0) is 0 Å². The maximum absolute atomic E-state index is 11.0. The van der Waals surface area contributed by atoms with Crippen LogP contribution in [0.3, 0.4) is 0 Å². The first-order valence-electron chi connectivity index (χ1n) is 5.55. The number of hydrogen-bond acceptors (Lipinski definition) is 4. The summed E-state index contributed by atoms with van der Waals surface area (Å²) >= 11 is 5.81. The summed E-state index contributed by atoms with van der Waals surface area (Å²) in [6, 6.07) is 2.98. The largest absolute Gasteiger partial charge is 0.348 e. The van der Waals surface area contributed by atoms with Crippen molar-refractivity contribution in [3.05, 3.63) is 27.4 Å². The van der Waals surface area contributed by atoms with E-state index in [9.17, 15) is 10.1 Å². The van der Waals surface area contributed by atoms with Gasteiger partial charge in [-0.25, -0.2) is 4.98 Å². The van der Waals surface area contributed by atoms with Crippen molar-refractivity contribution in [2.75, 3.05) is 11.4 Å². The lowest BCUT2D eigenvalue weighted by atomic mass is 10.2. The second-order valence-electron chi connectivity index (χ2n) is 4.02. The normalized spacial score (nSPS) is 10.6. The molecule has 0 aliphatic heterocycles. The van der Waals surface area contributed by atoms with E-state index in [1.807, 2.05) is 25.7 Å². The molecular weight excluding hydrogens is 242 g/mol. The van der Waals surface area contributed by atoms with Crippen LogP contribution in [0.2, 0.25) is 5.15 Å². The first-order chi connectivity index (χ1) is 7.97. The molecule has 0 saturated heterocycles. The van der Waals surface area contributed by atoms with Gasteiger partial charge in [0.2, 0.25) is 5.82 Å². The average Bonchev–Trinajstić information content (AvgIpc) is 2.24. The summed E-state index contributed by atoms with van der Waals surface area (Å²) in [6.45, 7) is 6.68. The number of pyridine rings is 1. The highest BCUT2D eigenvalue weighted by atomic mass is 35.5. The molecule has 6 heteroatoms. The predicted octanol–water partition coefficient (Wildman–Crippen LogP) is 3.27. The average molecular weight is 258 g/mol. The van der Waals surface area contributed by atoms with Crippen molar-refractivity contribution < 1.29 is 4.92 Å². The third kappa shape index (κ3) is 3.30. The van der Waals surface area contributed by atoms with Crippen molar-refractivity contribution in [3.63, 3.8) is 0 Å². The van der Waals surface area contributed by atoms with E-state index in [0.717, 1.165) is 6.42 Å². The number of nitrogens with zero attached hydrogens (tertiary/aromatic N) is 3. The molecule has 0 spiro atoms. The molecule has 5 nitrogen and oxygen atoms in total. The monoisotopic (exact) mass is 257 g/mol. The fraction of sp³-hybridized carbons (Fsp3) is 0.545. The SMILES string of the molecule is CCCN(c1nc(Cl)ccc1[N+](=O)[O-])C(C)C. The Morgan fingerprint density at radius 2 is 2.18 bits per heavy atom. The summed E-state index contributed by atoms with van der Waals surface area (Å²) in [5.41, 5.74) is -0.00319. The van der Waals surface area contributed by atoms with E-state index in [2.05, 4.69) is 4.98 Å². The fourth-order valence-electron chi connectivity index (χ4n) is 1.62. The molecule has 0 unspecified atom stereocenters. The Labute approximate surface area is 106 Å². The molecule has 0 N–H and O–H groups in total. The van der Waals surface area contributed by atoms with Gasteiger partial charge in [0, 0.05) is 18.7 Å². The van der Waals surface area contributed by atoms with E-state index in [-0.39, 0.29) is 16.9 Å². The summed E-state index contributed by atoms with van der Waals surface area (Å²) in [6.07, 6.45) is 0.892. The minimum atomic E-state index is -0.427. The van der Waals surface area contributed by atoms with Crippen LogP contribution >= 0.6 is 11.6 Å². The minimum absolute atomic E-state index is 0.00319. The molecule has 17 heavy (non-hydrogen) atoms. The Hall–Kier alpha value is -1.36. The van der Waals surface area contributed by atoms with Crippen LogP contribution in [0.4, 0.5) is 11.5 Å². The number of halogens is 1. The molecule has 1 heterocycles. The standard InChI is InChI=1S/C11H16ClN3O2/c1-4-7-14(8(2)3)11-9(15(16)17)5-6-10(12)13-11/h5-6,8H,4,7H2,1-3H3. The van der Waals surface area contributed by atoms with E-state index in [1.165, 1.54) is 12.1 Å². The fourth-order valence-corrected chi connectivity index (χ4v) is 1.76. The van der Waals surface area contributed by atoms with E-state index >= 15 is 0 Å². The molecule has 0 amide bonds. The first-order valence-corrected chi connectivity index (χ1v) is 5.92. The second-order valence-corrected chi connectivity index (χ2v) is 4.41. The van der Waals surface area contributed by atoms with Gasteiger partial charge in [0.1, 0.15) is 5.15 Å². The van der Waals surface area contributed by atoms with E-state index in [1.54, 1.807) is 0 Å².